The summed E-state index contributed by atoms with van der Waals surface area (Å²) < 4.78 is 10.6. The molecule has 0 amide bonds. The van der Waals surface area contributed by atoms with Crippen molar-refractivity contribution >= 4 is 6.08 Å². The van der Waals surface area contributed by atoms with Gasteiger partial charge in [0.25, 0.3) is 0 Å². The van der Waals surface area contributed by atoms with Gasteiger partial charge in [-0.05, 0) is 17.7 Å². The van der Waals surface area contributed by atoms with Crippen LogP contribution in [-0.2, 0) is 0 Å². The second-order valence-corrected chi connectivity index (χ2v) is 2.71. The number of hydrogen-bond acceptors (Lipinski definition) is 2. The summed E-state index contributed by atoms with van der Waals surface area (Å²) in [5.41, 5.74) is 1.01. The Morgan fingerprint density at radius 3 is 2.64 bits per heavy atom. The van der Waals surface area contributed by atoms with Crippen LogP contribution in [0.1, 0.15) is 5.56 Å². The third kappa shape index (κ3) is 2.39. The molecule has 0 aliphatic rings. The summed E-state index contributed by atoms with van der Waals surface area (Å²) in [7, 11) is 1.61. The van der Waals surface area contributed by atoms with E-state index < -0.39 is 0 Å². The fourth-order valence-electron chi connectivity index (χ4n) is 1.08. The minimum Gasteiger partial charge on any atom is -0.493 e. The molecule has 0 aliphatic heterocycles. The maximum absolute atomic E-state index is 5.40. The van der Waals surface area contributed by atoms with Gasteiger partial charge in [0, 0.05) is 0 Å². The first-order valence-electron chi connectivity index (χ1n) is 4.36. The summed E-state index contributed by atoms with van der Waals surface area (Å²) >= 11 is 0. The van der Waals surface area contributed by atoms with Crippen molar-refractivity contribution in [3.63, 3.8) is 0 Å². The smallest absolute Gasteiger partial charge is 0.161 e. The van der Waals surface area contributed by atoms with Gasteiger partial charge < -0.3 is 9.47 Å². The lowest BCUT2D eigenvalue weighted by Crippen LogP contribution is -1.96. The van der Waals surface area contributed by atoms with Crippen LogP contribution in [-0.4, -0.2) is 13.7 Å². The Morgan fingerprint density at radius 1 is 1.29 bits per heavy atom. The number of benzene rings is 1. The molecule has 0 atom stereocenters. The molecule has 0 fully saturated rings. The van der Waals surface area contributed by atoms with Crippen LogP contribution >= 0.6 is 0 Å². The average molecular weight is 190 g/mol. The molecule has 14 heavy (non-hydrogen) atoms. The Bertz CT molecular complexity index is 329. The van der Waals surface area contributed by atoms with Crippen LogP contribution in [0, 0.1) is 0 Å². The Kier molecular flexibility index (Phi) is 3.80. The van der Waals surface area contributed by atoms with E-state index in [4.69, 9.17) is 9.47 Å². The third-order valence-corrected chi connectivity index (χ3v) is 1.78. The topological polar surface area (TPSA) is 18.5 Å². The minimum atomic E-state index is 0.476. The predicted molar refractivity (Wildman–Crippen MR) is 58.8 cm³/mol. The van der Waals surface area contributed by atoms with Crippen LogP contribution in [0.25, 0.3) is 6.08 Å². The molecule has 0 aliphatic carbocycles. The van der Waals surface area contributed by atoms with Gasteiger partial charge >= 0.3 is 0 Å². The standard InChI is InChI=1S/C12H14O2/c1-4-8-14-11-7-6-10(5-2)9-12(11)13-3/h4-7,9H,1-2,8H2,3H3. The molecule has 74 valence electrons. The predicted octanol–water partition coefficient (Wildman–Crippen LogP) is 2.90. The zero-order valence-electron chi connectivity index (χ0n) is 8.32. The molecule has 0 radical (unpaired) electrons. The van der Waals surface area contributed by atoms with Crippen molar-refractivity contribution in [1.29, 1.82) is 0 Å². The average Bonchev–Trinajstić information content (AvgIpc) is 2.26. The van der Waals surface area contributed by atoms with Crippen molar-refractivity contribution in [2.24, 2.45) is 0 Å². The molecule has 1 rings (SSSR count). The molecular weight excluding hydrogens is 176 g/mol. The zero-order valence-corrected chi connectivity index (χ0v) is 8.32. The molecule has 0 N–H and O–H groups in total. The van der Waals surface area contributed by atoms with Crippen LogP contribution in [0.2, 0.25) is 0 Å². The fraction of sp³-hybridized carbons (Fsp3) is 0.167. The largest absolute Gasteiger partial charge is 0.493 e. The molecule has 2 heteroatoms. The van der Waals surface area contributed by atoms with Gasteiger partial charge in [-0.2, -0.15) is 0 Å². The summed E-state index contributed by atoms with van der Waals surface area (Å²) in [6.45, 7) is 7.74. The third-order valence-electron chi connectivity index (χ3n) is 1.78. The van der Waals surface area contributed by atoms with Gasteiger partial charge in [0.2, 0.25) is 0 Å². The summed E-state index contributed by atoms with van der Waals surface area (Å²) in [6.07, 6.45) is 3.46. The lowest BCUT2D eigenvalue weighted by Gasteiger charge is -2.09. The Morgan fingerprint density at radius 2 is 2.07 bits per heavy atom. The molecule has 0 bridgehead atoms. The number of methoxy groups -OCH3 is 1. The van der Waals surface area contributed by atoms with Gasteiger partial charge in [-0.1, -0.05) is 31.4 Å². The summed E-state index contributed by atoms with van der Waals surface area (Å²) in [5.74, 6) is 1.43. The molecule has 1 aromatic rings. The highest BCUT2D eigenvalue weighted by atomic mass is 16.5. The van der Waals surface area contributed by atoms with E-state index >= 15 is 0 Å². The van der Waals surface area contributed by atoms with Crippen molar-refractivity contribution < 1.29 is 9.47 Å². The van der Waals surface area contributed by atoms with Gasteiger partial charge in [0.05, 0.1) is 7.11 Å². The highest BCUT2D eigenvalue weighted by Crippen LogP contribution is 2.28. The molecular formula is C12H14O2. The van der Waals surface area contributed by atoms with E-state index in [1.807, 2.05) is 18.2 Å². The van der Waals surface area contributed by atoms with E-state index in [0.717, 1.165) is 11.3 Å². The lowest BCUT2D eigenvalue weighted by atomic mass is 10.2. The maximum Gasteiger partial charge on any atom is 0.161 e. The SMILES string of the molecule is C=CCOc1ccc(C=C)cc1OC. The lowest BCUT2D eigenvalue weighted by molar-refractivity contribution is 0.326. The molecule has 0 saturated heterocycles. The molecule has 0 heterocycles. The van der Waals surface area contributed by atoms with E-state index in [0.29, 0.717) is 12.4 Å². The van der Waals surface area contributed by atoms with Gasteiger partial charge in [-0.15, -0.1) is 0 Å². The summed E-state index contributed by atoms with van der Waals surface area (Å²) in [6, 6.07) is 5.67. The van der Waals surface area contributed by atoms with E-state index in [1.54, 1.807) is 19.3 Å². The molecule has 1 aromatic carbocycles. The minimum absolute atomic E-state index is 0.476. The highest BCUT2D eigenvalue weighted by molar-refractivity contribution is 5.54. The van der Waals surface area contributed by atoms with Crippen LogP contribution in [0.4, 0.5) is 0 Å². The molecule has 0 unspecified atom stereocenters. The number of ether oxygens (including phenoxy) is 2. The second-order valence-electron chi connectivity index (χ2n) is 2.71. The first-order valence-corrected chi connectivity index (χ1v) is 4.36. The summed E-state index contributed by atoms with van der Waals surface area (Å²) in [5, 5.41) is 0. The van der Waals surface area contributed by atoms with Crippen molar-refractivity contribution in [1.82, 2.24) is 0 Å². The van der Waals surface area contributed by atoms with Gasteiger partial charge in [0.15, 0.2) is 11.5 Å². The molecule has 2 nitrogen and oxygen atoms in total. The van der Waals surface area contributed by atoms with Gasteiger partial charge in [-0.3, -0.25) is 0 Å². The Balaban J connectivity index is 2.92. The first-order chi connectivity index (χ1) is 6.81. The first kappa shape index (κ1) is 10.4. The number of hydrogen-bond donors (Lipinski definition) is 0. The van der Waals surface area contributed by atoms with Gasteiger partial charge in [0.1, 0.15) is 6.61 Å². The van der Waals surface area contributed by atoms with Gasteiger partial charge in [-0.25, -0.2) is 0 Å². The molecule has 0 aromatic heterocycles. The van der Waals surface area contributed by atoms with Crippen molar-refractivity contribution in [2.45, 2.75) is 0 Å². The Labute approximate surface area is 84.5 Å². The van der Waals surface area contributed by atoms with Crippen LogP contribution in [0.15, 0.2) is 37.4 Å². The van der Waals surface area contributed by atoms with E-state index in [9.17, 15) is 0 Å². The fourth-order valence-corrected chi connectivity index (χ4v) is 1.08. The van der Waals surface area contributed by atoms with Crippen molar-refractivity contribution in [2.75, 3.05) is 13.7 Å². The highest BCUT2D eigenvalue weighted by Gasteiger charge is 2.03. The van der Waals surface area contributed by atoms with Crippen LogP contribution < -0.4 is 9.47 Å². The van der Waals surface area contributed by atoms with E-state index in [1.165, 1.54) is 0 Å². The quantitative estimate of drug-likeness (QED) is 0.665. The maximum atomic E-state index is 5.40. The van der Waals surface area contributed by atoms with Crippen molar-refractivity contribution in [3.8, 4) is 11.5 Å². The molecule has 0 spiro atoms. The van der Waals surface area contributed by atoms with Crippen molar-refractivity contribution in [3.05, 3.63) is 43.0 Å². The second kappa shape index (κ2) is 5.12. The van der Waals surface area contributed by atoms with E-state index in [-0.39, 0.29) is 0 Å². The monoisotopic (exact) mass is 190 g/mol. The van der Waals surface area contributed by atoms with Crippen LogP contribution in [0.3, 0.4) is 0 Å². The van der Waals surface area contributed by atoms with Crippen LogP contribution in [0.5, 0.6) is 11.5 Å². The normalized spacial score (nSPS) is 9.21. The summed E-state index contributed by atoms with van der Waals surface area (Å²) in [4.78, 5) is 0. The van der Waals surface area contributed by atoms with E-state index in [2.05, 4.69) is 13.2 Å². The molecule has 0 saturated carbocycles. The zero-order chi connectivity index (χ0) is 10.4. The number of rotatable bonds is 5. The Hall–Kier alpha value is -1.70.